The van der Waals surface area contributed by atoms with Crippen molar-refractivity contribution in [2.45, 2.75) is 32.8 Å². The highest BCUT2D eigenvalue weighted by Gasteiger charge is 2.44. The maximum Gasteiger partial charge on any atom is 0.330 e. The molecule has 1 saturated heterocycles. The van der Waals surface area contributed by atoms with Gasteiger partial charge in [-0.3, -0.25) is 0 Å². The second-order valence-electron chi connectivity index (χ2n) is 3.42. The highest BCUT2D eigenvalue weighted by molar-refractivity contribution is 5.81. The molecule has 0 aromatic carbocycles. The van der Waals surface area contributed by atoms with E-state index in [1.165, 1.54) is 0 Å². The fourth-order valence-electron chi connectivity index (χ4n) is 0.957. The molecule has 0 radical (unpaired) electrons. The number of hydrogen-bond donors (Lipinski definition) is 0. The number of ether oxygens (including phenoxy) is 3. The highest BCUT2D eigenvalue weighted by atomic mass is 16.6. The van der Waals surface area contributed by atoms with Gasteiger partial charge in [-0.25, -0.2) is 4.79 Å². The molecule has 94 valence electrons. The van der Waals surface area contributed by atoms with Gasteiger partial charge >= 0.3 is 5.97 Å². The highest BCUT2D eigenvalue weighted by Crippen LogP contribution is 2.30. The second kappa shape index (κ2) is 8.30. The van der Waals surface area contributed by atoms with Crippen LogP contribution in [0.5, 0.6) is 0 Å². The van der Waals surface area contributed by atoms with Crippen LogP contribution in [0, 0.1) is 0 Å². The molecule has 1 atom stereocenters. The van der Waals surface area contributed by atoms with Crippen molar-refractivity contribution in [1.82, 2.24) is 0 Å². The van der Waals surface area contributed by atoms with Crippen molar-refractivity contribution in [2.75, 3.05) is 26.4 Å². The first-order valence-electron chi connectivity index (χ1n) is 5.65. The Bertz CT molecular complexity index is 207. The summed E-state index contributed by atoms with van der Waals surface area (Å²) in [7, 11) is 0. The topological polar surface area (TPSA) is 48.1 Å². The Morgan fingerprint density at radius 1 is 1.44 bits per heavy atom. The molecule has 0 spiro atoms. The van der Waals surface area contributed by atoms with Crippen LogP contribution >= 0.6 is 0 Å². The van der Waals surface area contributed by atoms with Gasteiger partial charge in [-0.2, -0.15) is 0 Å². The van der Waals surface area contributed by atoms with Crippen LogP contribution < -0.4 is 0 Å². The van der Waals surface area contributed by atoms with Gasteiger partial charge in [0.1, 0.15) is 12.2 Å². The standard InChI is InChI=1S/C8H12O3.C4H10O/c1-3-7(9)10-5-8(4-2)6-11-8;1-3-5-4-2/h3H,1,4-6H2,2H3;3-4H2,1-2H3. The number of carbonyl (C=O) groups excluding carboxylic acids is 1. The van der Waals surface area contributed by atoms with E-state index in [1.807, 2.05) is 20.8 Å². The van der Waals surface area contributed by atoms with Gasteiger partial charge < -0.3 is 14.2 Å². The maximum atomic E-state index is 10.6. The first kappa shape index (κ1) is 15.1. The molecule has 0 aromatic rings. The first-order chi connectivity index (χ1) is 7.64. The summed E-state index contributed by atoms with van der Waals surface area (Å²) >= 11 is 0. The van der Waals surface area contributed by atoms with Crippen molar-refractivity contribution >= 4 is 5.97 Å². The van der Waals surface area contributed by atoms with E-state index in [1.54, 1.807) is 0 Å². The minimum atomic E-state index is -0.381. The zero-order chi connectivity index (χ0) is 12.4. The maximum absolute atomic E-state index is 10.6. The summed E-state index contributed by atoms with van der Waals surface area (Å²) in [6.07, 6.45) is 2.04. The third kappa shape index (κ3) is 6.58. The lowest BCUT2D eigenvalue weighted by atomic mass is 10.1. The van der Waals surface area contributed by atoms with E-state index in [0.29, 0.717) is 13.2 Å². The van der Waals surface area contributed by atoms with Gasteiger partial charge in [0.05, 0.1) is 6.61 Å². The van der Waals surface area contributed by atoms with Gasteiger partial charge in [0.25, 0.3) is 0 Å². The second-order valence-corrected chi connectivity index (χ2v) is 3.42. The summed E-state index contributed by atoms with van der Waals surface area (Å²) < 4.78 is 14.8. The van der Waals surface area contributed by atoms with Gasteiger partial charge in [0.15, 0.2) is 0 Å². The third-order valence-electron chi connectivity index (χ3n) is 2.25. The Morgan fingerprint density at radius 2 is 2.00 bits per heavy atom. The predicted octanol–water partition coefficient (Wildman–Crippen LogP) is 1.94. The van der Waals surface area contributed by atoms with Crippen LogP contribution in [0.15, 0.2) is 12.7 Å². The smallest absolute Gasteiger partial charge is 0.330 e. The van der Waals surface area contributed by atoms with Gasteiger partial charge in [-0.05, 0) is 20.3 Å². The van der Waals surface area contributed by atoms with Crippen LogP contribution in [-0.2, 0) is 19.0 Å². The number of rotatable bonds is 6. The zero-order valence-corrected chi connectivity index (χ0v) is 10.5. The lowest BCUT2D eigenvalue weighted by Crippen LogP contribution is -2.20. The van der Waals surface area contributed by atoms with Gasteiger partial charge in [0.2, 0.25) is 0 Å². The molecule has 1 aliphatic heterocycles. The molecule has 0 aromatic heterocycles. The lowest BCUT2D eigenvalue weighted by molar-refractivity contribution is -0.139. The quantitative estimate of drug-likeness (QED) is 0.397. The molecule has 1 heterocycles. The molecule has 0 aliphatic carbocycles. The predicted molar refractivity (Wildman–Crippen MR) is 62.3 cm³/mol. The third-order valence-corrected chi connectivity index (χ3v) is 2.25. The van der Waals surface area contributed by atoms with Crippen LogP contribution in [0.3, 0.4) is 0 Å². The van der Waals surface area contributed by atoms with Crippen LogP contribution in [-0.4, -0.2) is 38.0 Å². The van der Waals surface area contributed by atoms with Gasteiger partial charge in [-0.15, -0.1) is 0 Å². The molecule has 0 N–H and O–H groups in total. The van der Waals surface area contributed by atoms with E-state index in [4.69, 9.17) is 14.2 Å². The minimum Gasteiger partial charge on any atom is -0.459 e. The van der Waals surface area contributed by atoms with E-state index in [-0.39, 0.29) is 11.6 Å². The molecule has 1 aliphatic rings. The summed E-state index contributed by atoms with van der Waals surface area (Å²) in [5.74, 6) is -0.381. The van der Waals surface area contributed by atoms with Crippen molar-refractivity contribution in [1.29, 1.82) is 0 Å². The largest absolute Gasteiger partial charge is 0.459 e. The fraction of sp³-hybridized carbons (Fsp3) is 0.750. The summed E-state index contributed by atoms with van der Waals surface area (Å²) in [6.45, 7) is 12.0. The fourth-order valence-corrected chi connectivity index (χ4v) is 0.957. The Morgan fingerprint density at radius 3 is 2.25 bits per heavy atom. The van der Waals surface area contributed by atoms with Crippen LogP contribution in [0.4, 0.5) is 0 Å². The van der Waals surface area contributed by atoms with Crippen LogP contribution in [0.2, 0.25) is 0 Å². The number of carbonyl (C=O) groups is 1. The van der Waals surface area contributed by atoms with E-state index in [0.717, 1.165) is 25.7 Å². The summed E-state index contributed by atoms with van der Waals surface area (Å²) in [6, 6.07) is 0. The van der Waals surface area contributed by atoms with Crippen LogP contribution in [0.1, 0.15) is 27.2 Å². The average Bonchev–Trinajstić information content (AvgIpc) is 3.08. The zero-order valence-electron chi connectivity index (χ0n) is 10.5. The molecule has 1 fully saturated rings. The Kier molecular flexibility index (Phi) is 7.85. The van der Waals surface area contributed by atoms with Crippen molar-refractivity contribution in [2.24, 2.45) is 0 Å². The van der Waals surface area contributed by atoms with E-state index >= 15 is 0 Å². The monoisotopic (exact) mass is 230 g/mol. The van der Waals surface area contributed by atoms with Gasteiger partial charge in [-0.1, -0.05) is 13.5 Å². The number of esters is 1. The van der Waals surface area contributed by atoms with Crippen molar-refractivity contribution in [3.8, 4) is 0 Å². The van der Waals surface area contributed by atoms with Crippen molar-refractivity contribution in [3.63, 3.8) is 0 Å². The van der Waals surface area contributed by atoms with E-state index < -0.39 is 0 Å². The van der Waals surface area contributed by atoms with E-state index in [9.17, 15) is 4.79 Å². The van der Waals surface area contributed by atoms with Crippen molar-refractivity contribution in [3.05, 3.63) is 12.7 Å². The molecule has 0 bridgehead atoms. The normalized spacial score (nSPS) is 21.7. The average molecular weight is 230 g/mol. The SMILES string of the molecule is C=CC(=O)OCC1(CC)CO1.CCOCC. The lowest BCUT2D eigenvalue weighted by Gasteiger charge is -2.07. The summed E-state index contributed by atoms with van der Waals surface area (Å²) in [4.78, 5) is 10.6. The number of hydrogen-bond acceptors (Lipinski definition) is 4. The summed E-state index contributed by atoms with van der Waals surface area (Å²) in [5.41, 5.74) is -0.168. The van der Waals surface area contributed by atoms with E-state index in [2.05, 4.69) is 6.58 Å². The molecule has 1 rings (SSSR count). The Hall–Kier alpha value is -0.870. The van der Waals surface area contributed by atoms with Crippen LogP contribution in [0.25, 0.3) is 0 Å². The number of epoxide rings is 1. The van der Waals surface area contributed by atoms with Gasteiger partial charge in [0, 0.05) is 19.3 Å². The molecular formula is C12H22O4. The Labute approximate surface area is 97.6 Å². The molecule has 1 unspecified atom stereocenters. The first-order valence-corrected chi connectivity index (χ1v) is 5.65. The minimum absolute atomic E-state index is 0.168. The van der Waals surface area contributed by atoms with Crippen molar-refractivity contribution < 1.29 is 19.0 Å². The molecule has 4 nitrogen and oxygen atoms in total. The molecular weight excluding hydrogens is 208 g/mol. The molecule has 0 saturated carbocycles. The molecule has 16 heavy (non-hydrogen) atoms. The Balaban J connectivity index is 0.000000385. The molecule has 4 heteroatoms. The summed E-state index contributed by atoms with van der Waals surface area (Å²) in [5, 5.41) is 0. The molecule has 0 amide bonds.